The van der Waals surface area contributed by atoms with Gasteiger partial charge in [0.25, 0.3) is 11.6 Å². The highest BCUT2D eigenvalue weighted by molar-refractivity contribution is 7.80. The molecular formula is C12H12N4O3S. The van der Waals surface area contributed by atoms with Crippen LogP contribution >= 0.6 is 12.2 Å². The number of anilines is 1. The Bertz CT molecular complexity index is 640. The average molecular weight is 292 g/mol. The third-order valence-electron chi connectivity index (χ3n) is 2.71. The lowest BCUT2D eigenvalue weighted by atomic mass is 10.1. The number of amides is 1. The van der Waals surface area contributed by atoms with Gasteiger partial charge in [-0.15, -0.1) is 0 Å². The quantitative estimate of drug-likeness (QED) is 0.374. The molecule has 8 heteroatoms. The summed E-state index contributed by atoms with van der Waals surface area (Å²) in [4.78, 5) is 23.8. The molecule has 0 radical (unpaired) electrons. The number of nitrogens with one attached hydrogen (secondary N) is 2. The van der Waals surface area contributed by atoms with Gasteiger partial charge in [0.05, 0.1) is 4.92 Å². The minimum Gasteiger partial charge on any atom is -0.372 e. The van der Waals surface area contributed by atoms with Gasteiger partial charge in [0, 0.05) is 20.2 Å². The maximum Gasteiger partial charge on any atom is 0.293 e. The molecule has 0 unspecified atom stereocenters. The van der Waals surface area contributed by atoms with Gasteiger partial charge >= 0.3 is 0 Å². The highest BCUT2D eigenvalue weighted by atomic mass is 32.1. The third kappa shape index (κ3) is 2.75. The van der Waals surface area contributed by atoms with Crippen LogP contribution in [0.25, 0.3) is 6.08 Å². The largest absolute Gasteiger partial charge is 0.372 e. The normalized spacial score (nSPS) is 16.0. The SMILES string of the molecule is CN(C)c1ccc(C=C2NC(=S)NC2=O)cc1[N+](=O)[O-]. The van der Waals surface area contributed by atoms with Crippen LogP contribution in [-0.4, -0.2) is 30.0 Å². The molecule has 1 heterocycles. The molecule has 0 aliphatic carbocycles. The summed E-state index contributed by atoms with van der Waals surface area (Å²) in [5.74, 6) is -0.352. The molecule has 1 amide bonds. The van der Waals surface area contributed by atoms with E-state index in [0.29, 0.717) is 11.3 Å². The second kappa shape index (κ2) is 5.25. The van der Waals surface area contributed by atoms with Gasteiger partial charge in [-0.2, -0.15) is 0 Å². The fourth-order valence-corrected chi connectivity index (χ4v) is 2.01. The van der Waals surface area contributed by atoms with Gasteiger partial charge in [0.2, 0.25) is 0 Å². The Morgan fingerprint density at radius 2 is 2.05 bits per heavy atom. The van der Waals surface area contributed by atoms with Crippen LogP contribution in [0.3, 0.4) is 0 Å². The van der Waals surface area contributed by atoms with Crippen molar-refractivity contribution in [1.82, 2.24) is 10.6 Å². The molecule has 2 rings (SSSR count). The molecule has 1 fully saturated rings. The first-order chi connectivity index (χ1) is 9.38. The summed E-state index contributed by atoms with van der Waals surface area (Å²) in [5.41, 5.74) is 1.29. The smallest absolute Gasteiger partial charge is 0.293 e. The molecule has 0 saturated carbocycles. The van der Waals surface area contributed by atoms with Crippen molar-refractivity contribution in [2.45, 2.75) is 0 Å². The molecule has 2 N–H and O–H groups in total. The molecule has 104 valence electrons. The summed E-state index contributed by atoms with van der Waals surface area (Å²) in [6.45, 7) is 0. The topological polar surface area (TPSA) is 87.5 Å². The van der Waals surface area contributed by atoms with Crippen LogP contribution in [0, 0.1) is 10.1 Å². The zero-order valence-corrected chi connectivity index (χ0v) is 11.7. The summed E-state index contributed by atoms with van der Waals surface area (Å²) < 4.78 is 0. The number of nitrogens with zero attached hydrogens (tertiary/aromatic N) is 2. The van der Waals surface area contributed by atoms with Crippen molar-refractivity contribution in [3.05, 3.63) is 39.6 Å². The number of nitro groups is 1. The molecule has 20 heavy (non-hydrogen) atoms. The van der Waals surface area contributed by atoms with E-state index in [4.69, 9.17) is 12.2 Å². The molecule has 0 atom stereocenters. The average Bonchev–Trinajstić information content (AvgIpc) is 2.67. The Balaban J connectivity index is 2.42. The lowest BCUT2D eigenvalue weighted by Gasteiger charge is -2.12. The maximum atomic E-state index is 11.5. The Labute approximate surface area is 120 Å². The van der Waals surface area contributed by atoms with Crippen LogP contribution in [0.4, 0.5) is 11.4 Å². The van der Waals surface area contributed by atoms with Crippen LogP contribution in [0.5, 0.6) is 0 Å². The highest BCUT2D eigenvalue weighted by Crippen LogP contribution is 2.28. The lowest BCUT2D eigenvalue weighted by molar-refractivity contribution is -0.384. The van der Waals surface area contributed by atoms with Crippen molar-refractivity contribution in [3.8, 4) is 0 Å². The highest BCUT2D eigenvalue weighted by Gasteiger charge is 2.21. The minimum absolute atomic E-state index is 0.0228. The van der Waals surface area contributed by atoms with E-state index in [2.05, 4.69) is 10.6 Å². The molecule has 0 aromatic heterocycles. The number of carbonyl (C=O) groups is 1. The lowest BCUT2D eigenvalue weighted by Crippen LogP contribution is -2.21. The Kier molecular flexibility index (Phi) is 3.66. The van der Waals surface area contributed by atoms with Crippen molar-refractivity contribution >= 4 is 40.7 Å². The maximum absolute atomic E-state index is 11.5. The van der Waals surface area contributed by atoms with Gasteiger partial charge in [-0.25, -0.2) is 0 Å². The number of hydrogen-bond acceptors (Lipinski definition) is 5. The summed E-state index contributed by atoms with van der Waals surface area (Å²) in [6.07, 6.45) is 1.51. The first-order valence-electron chi connectivity index (χ1n) is 5.68. The molecule has 0 bridgehead atoms. The molecule has 1 saturated heterocycles. The summed E-state index contributed by atoms with van der Waals surface area (Å²) >= 11 is 4.81. The Morgan fingerprint density at radius 3 is 2.55 bits per heavy atom. The summed E-state index contributed by atoms with van der Waals surface area (Å²) in [5, 5.41) is 16.4. The van der Waals surface area contributed by atoms with Crippen molar-refractivity contribution in [2.75, 3.05) is 19.0 Å². The van der Waals surface area contributed by atoms with Gasteiger partial charge in [0.15, 0.2) is 5.11 Å². The number of thiocarbonyl (C=S) groups is 1. The van der Waals surface area contributed by atoms with Crippen LogP contribution < -0.4 is 15.5 Å². The van der Waals surface area contributed by atoms with E-state index < -0.39 is 4.92 Å². The first kappa shape index (κ1) is 13.9. The number of nitro benzene ring substituents is 1. The van der Waals surface area contributed by atoms with E-state index in [0.717, 1.165) is 0 Å². The molecule has 1 aromatic carbocycles. The van der Waals surface area contributed by atoms with E-state index >= 15 is 0 Å². The fraction of sp³-hybridized carbons (Fsp3) is 0.167. The molecule has 1 aliphatic heterocycles. The predicted octanol–water partition coefficient (Wildman–Crippen LogP) is 1.01. The van der Waals surface area contributed by atoms with E-state index in [1.807, 2.05) is 0 Å². The summed E-state index contributed by atoms with van der Waals surface area (Å²) in [6, 6.07) is 4.75. The zero-order chi connectivity index (χ0) is 14.9. The van der Waals surface area contributed by atoms with Crippen LogP contribution in [0.15, 0.2) is 23.9 Å². The van der Waals surface area contributed by atoms with Crippen molar-refractivity contribution in [1.29, 1.82) is 0 Å². The number of rotatable bonds is 3. The van der Waals surface area contributed by atoms with Gasteiger partial charge in [-0.1, -0.05) is 6.07 Å². The van der Waals surface area contributed by atoms with Gasteiger partial charge in [-0.05, 0) is 29.9 Å². The molecular weight excluding hydrogens is 280 g/mol. The first-order valence-corrected chi connectivity index (χ1v) is 6.09. The monoisotopic (exact) mass is 292 g/mol. The number of carbonyl (C=O) groups excluding carboxylic acids is 1. The number of hydrogen-bond donors (Lipinski definition) is 2. The van der Waals surface area contributed by atoms with Crippen molar-refractivity contribution < 1.29 is 9.72 Å². The van der Waals surface area contributed by atoms with Gasteiger partial charge < -0.3 is 10.2 Å². The molecule has 7 nitrogen and oxygen atoms in total. The zero-order valence-electron chi connectivity index (χ0n) is 10.8. The minimum atomic E-state index is -0.454. The second-order valence-electron chi connectivity index (χ2n) is 4.37. The molecule has 0 spiro atoms. The van der Waals surface area contributed by atoms with E-state index in [-0.39, 0.29) is 22.4 Å². The van der Waals surface area contributed by atoms with E-state index in [1.54, 1.807) is 31.1 Å². The molecule has 1 aromatic rings. The Morgan fingerprint density at radius 1 is 1.35 bits per heavy atom. The van der Waals surface area contributed by atoms with Crippen molar-refractivity contribution in [2.24, 2.45) is 0 Å². The van der Waals surface area contributed by atoms with Crippen molar-refractivity contribution in [3.63, 3.8) is 0 Å². The third-order valence-corrected chi connectivity index (χ3v) is 2.91. The van der Waals surface area contributed by atoms with Gasteiger partial charge in [0.1, 0.15) is 11.4 Å². The van der Waals surface area contributed by atoms with Crippen LogP contribution in [-0.2, 0) is 4.79 Å². The second-order valence-corrected chi connectivity index (χ2v) is 4.77. The van der Waals surface area contributed by atoms with Gasteiger partial charge in [-0.3, -0.25) is 20.2 Å². The Hall–Kier alpha value is -2.48. The predicted molar refractivity (Wildman–Crippen MR) is 79.3 cm³/mol. The molecule has 1 aliphatic rings. The van der Waals surface area contributed by atoms with E-state index in [1.165, 1.54) is 12.1 Å². The van der Waals surface area contributed by atoms with Crippen LogP contribution in [0.2, 0.25) is 0 Å². The summed E-state index contributed by atoms with van der Waals surface area (Å²) in [7, 11) is 3.45. The van der Waals surface area contributed by atoms with E-state index in [9.17, 15) is 14.9 Å². The fourth-order valence-electron chi connectivity index (χ4n) is 1.80. The number of benzene rings is 1. The van der Waals surface area contributed by atoms with Crippen LogP contribution in [0.1, 0.15) is 5.56 Å². The standard InChI is InChI=1S/C12H12N4O3S/c1-15(2)9-4-3-7(6-10(9)16(18)19)5-8-11(17)14-12(20)13-8/h3-6H,1-2H3,(H2,13,14,17,20).